The molecule has 1 aromatic heterocycles. The minimum atomic E-state index is -0.297. The first kappa shape index (κ1) is 10.1. The first-order valence-electron chi connectivity index (χ1n) is 4.22. The number of aromatic amines is 1. The van der Waals surface area contributed by atoms with Crippen LogP contribution in [0, 0.1) is 12.7 Å². The third-order valence-electron chi connectivity index (χ3n) is 2.07. The van der Waals surface area contributed by atoms with Gasteiger partial charge in [0.2, 0.25) is 5.95 Å². The molecule has 6 heteroatoms. The molecule has 0 saturated carbocycles. The summed E-state index contributed by atoms with van der Waals surface area (Å²) in [4.78, 5) is 3.95. The van der Waals surface area contributed by atoms with Crippen molar-refractivity contribution in [3.63, 3.8) is 0 Å². The Labute approximate surface area is 93.8 Å². The molecule has 0 aliphatic rings. The Morgan fingerprint density at radius 3 is 2.80 bits per heavy atom. The van der Waals surface area contributed by atoms with Crippen molar-refractivity contribution in [3.8, 4) is 11.4 Å². The molecule has 15 heavy (non-hydrogen) atoms. The van der Waals surface area contributed by atoms with Crippen LogP contribution in [-0.4, -0.2) is 15.2 Å². The van der Waals surface area contributed by atoms with Crippen LogP contribution in [0.15, 0.2) is 16.6 Å². The summed E-state index contributed by atoms with van der Waals surface area (Å²) in [6, 6.07) is 3.16. The number of H-pyrrole nitrogens is 1. The third-order valence-corrected chi connectivity index (χ3v) is 2.52. The summed E-state index contributed by atoms with van der Waals surface area (Å²) in [5.74, 6) is 0.310. The highest BCUT2D eigenvalue weighted by molar-refractivity contribution is 9.10. The maximum absolute atomic E-state index is 13.4. The van der Waals surface area contributed by atoms with E-state index in [0.717, 1.165) is 0 Å². The van der Waals surface area contributed by atoms with E-state index >= 15 is 0 Å². The van der Waals surface area contributed by atoms with Crippen LogP contribution in [0.1, 0.15) is 5.56 Å². The van der Waals surface area contributed by atoms with E-state index in [9.17, 15) is 4.39 Å². The van der Waals surface area contributed by atoms with Crippen molar-refractivity contribution in [2.45, 2.75) is 6.92 Å². The first-order chi connectivity index (χ1) is 7.08. The van der Waals surface area contributed by atoms with Crippen molar-refractivity contribution >= 4 is 21.9 Å². The Morgan fingerprint density at radius 1 is 1.47 bits per heavy atom. The van der Waals surface area contributed by atoms with Crippen LogP contribution in [0.5, 0.6) is 0 Å². The van der Waals surface area contributed by atoms with E-state index in [1.54, 1.807) is 13.0 Å². The van der Waals surface area contributed by atoms with Crippen molar-refractivity contribution < 1.29 is 4.39 Å². The van der Waals surface area contributed by atoms with Gasteiger partial charge >= 0.3 is 0 Å². The summed E-state index contributed by atoms with van der Waals surface area (Å²) >= 11 is 3.22. The van der Waals surface area contributed by atoms with Crippen LogP contribution in [0.3, 0.4) is 0 Å². The van der Waals surface area contributed by atoms with Gasteiger partial charge in [0.05, 0.1) is 0 Å². The Morgan fingerprint density at radius 2 is 2.20 bits per heavy atom. The number of nitrogen functional groups attached to an aromatic ring is 1. The second-order valence-corrected chi connectivity index (χ2v) is 4.02. The van der Waals surface area contributed by atoms with E-state index < -0.39 is 0 Å². The molecule has 0 aliphatic heterocycles. The van der Waals surface area contributed by atoms with Gasteiger partial charge in [-0.2, -0.15) is 4.98 Å². The van der Waals surface area contributed by atoms with E-state index in [2.05, 4.69) is 31.1 Å². The van der Waals surface area contributed by atoms with Crippen molar-refractivity contribution in [2.24, 2.45) is 0 Å². The fraction of sp³-hybridized carbons (Fsp3) is 0.111. The van der Waals surface area contributed by atoms with Gasteiger partial charge in [-0.15, -0.1) is 5.10 Å². The van der Waals surface area contributed by atoms with Crippen molar-refractivity contribution in [1.29, 1.82) is 0 Å². The number of aromatic nitrogens is 3. The average molecular weight is 271 g/mol. The van der Waals surface area contributed by atoms with E-state index in [1.807, 2.05) is 0 Å². The van der Waals surface area contributed by atoms with Gasteiger partial charge in [0, 0.05) is 10.0 Å². The minimum Gasteiger partial charge on any atom is -0.366 e. The largest absolute Gasteiger partial charge is 0.366 e. The van der Waals surface area contributed by atoms with Gasteiger partial charge in [-0.25, -0.2) is 4.39 Å². The van der Waals surface area contributed by atoms with E-state index in [4.69, 9.17) is 5.73 Å². The van der Waals surface area contributed by atoms with Gasteiger partial charge in [-0.05, 0) is 24.6 Å². The van der Waals surface area contributed by atoms with Gasteiger partial charge in [-0.1, -0.05) is 15.9 Å². The summed E-state index contributed by atoms with van der Waals surface area (Å²) in [6.45, 7) is 1.68. The molecule has 0 saturated heterocycles. The van der Waals surface area contributed by atoms with E-state index in [1.165, 1.54) is 6.07 Å². The molecular formula is C9H8BrFN4. The van der Waals surface area contributed by atoms with Gasteiger partial charge < -0.3 is 5.73 Å². The van der Waals surface area contributed by atoms with Crippen molar-refractivity contribution in [2.75, 3.05) is 5.73 Å². The molecule has 3 N–H and O–H groups in total. The number of hydrogen-bond donors (Lipinski definition) is 2. The van der Waals surface area contributed by atoms with Crippen LogP contribution in [0.2, 0.25) is 0 Å². The molecule has 0 aliphatic carbocycles. The second-order valence-electron chi connectivity index (χ2n) is 3.10. The molecular weight excluding hydrogens is 263 g/mol. The van der Waals surface area contributed by atoms with Crippen LogP contribution in [0.25, 0.3) is 11.4 Å². The number of nitrogens with one attached hydrogen (secondary N) is 1. The van der Waals surface area contributed by atoms with Gasteiger partial charge in [0.15, 0.2) is 5.82 Å². The minimum absolute atomic E-state index is 0.143. The average Bonchev–Trinajstić information content (AvgIpc) is 2.58. The van der Waals surface area contributed by atoms with Gasteiger partial charge in [0.25, 0.3) is 0 Å². The van der Waals surface area contributed by atoms with Crippen molar-refractivity contribution in [1.82, 2.24) is 15.2 Å². The monoisotopic (exact) mass is 270 g/mol. The molecule has 78 valence electrons. The SMILES string of the molecule is Cc1c(F)cc(Br)cc1-c1nc(N)n[nH]1. The van der Waals surface area contributed by atoms with E-state index in [0.29, 0.717) is 21.4 Å². The highest BCUT2D eigenvalue weighted by Gasteiger charge is 2.11. The quantitative estimate of drug-likeness (QED) is 0.836. The lowest BCUT2D eigenvalue weighted by atomic mass is 10.1. The number of benzene rings is 1. The molecule has 1 aromatic carbocycles. The van der Waals surface area contributed by atoms with Gasteiger partial charge in [-0.3, -0.25) is 5.10 Å². The lowest BCUT2D eigenvalue weighted by Gasteiger charge is -2.04. The van der Waals surface area contributed by atoms with Crippen LogP contribution in [-0.2, 0) is 0 Å². The molecule has 2 rings (SSSR count). The summed E-state index contributed by atoms with van der Waals surface area (Å²) in [5.41, 5.74) is 6.54. The summed E-state index contributed by atoms with van der Waals surface area (Å²) in [5, 5.41) is 6.34. The molecule has 0 amide bonds. The summed E-state index contributed by atoms with van der Waals surface area (Å²) in [6.07, 6.45) is 0. The standard InChI is InChI=1S/C9H8BrFN4/c1-4-6(2-5(10)3-7(4)11)8-13-9(12)15-14-8/h2-3H,1H3,(H3,12,13,14,15). The van der Waals surface area contributed by atoms with Crippen LogP contribution >= 0.6 is 15.9 Å². The molecule has 0 atom stereocenters. The maximum Gasteiger partial charge on any atom is 0.239 e. The predicted octanol–water partition coefficient (Wildman–Crippen LogP) is 2.26. The smallest absolute Gasteiger partial charge is 0.239 e. The molecule has 4 nitrogen and oxygen atoms in total. The maximum atomic E-state index is 13.4. The lowest BCUT2D eigenvalue weighted by molar-refractivity contribution is 0.618. The molecule has 1 heterocycles. The molecule has 0 unspecified atom stereocenters. The number of nitrogens with zero attached hydrogens (tertiary/aromatic N) is 2. The Hall–Kier alpha value is -1.43. The fourth-order valence-electron chi connectivity index (χ4n) is 1.29. The summed E-state index contributed by atoms with van der Waals surface area (Å²) in [7, 11) is 0. The molecule has 0 fully saturated rings. The zero-order valence-electron chi connectivity index (χ0n) is 7.88. The lowest BCUT2D eigenvalue weighted by Crippen LogP contribution is -1.91. The number of rotatable bonds is 1. The van der Waals surface area contributed by atoms with E-state index in [-0.39, 0.29) is 11.8 Å². The number of hydrogen-bond acceptors (Lipinski definition) is 3. The molecule has 2 aromatic rings. The Kier molecular flexibility index (Phi) is 2.44. The number of nitrogens with two attached hydrogens (primary N) is 1. The fourth-order valence-corrected chi connectivity index (χ4v) is 1.72. The zero-order valence-corrected chi connectivity index (χ0v) is 9.47. The highest BCUT2D eigenvalue weighted by atomic mass is 79.9. The van der Waals surface area contributed by atoms with Crippen molar-refractivity contribution in [3.05, 3.63) is 28.0 Å². The number of halogens is 2. The number of anilines is 1. The molecule has 0 radical (unpaired) electrons. The normalized spacial score (nSPS) is 10.6. The summed E-state index contributed by atoms with van der Waals surface area (Å²) < 4.78 is 14.1. The van der Waals surface area contributed by atoms with Crippen LogP contribution < -0.4 is 5.73 Å². The Balaban J connectivity index is 2.62. The molecule has 0 spiro atoms. The first-order valence-corrected chi connectivity index (χ1v) is 5.01. The zero-order chi connectivity index (χ0) is 11.0. The predicted molar refractivity (Wildman–Crippen MR) is 58.6 cm³/mol. The van der Waals surface area contributed by atoms with Crippen LogP contribution in [0.4, 0.5) is 10.3 Å². The van der Waals surface area contributed by atoms with Gasteiger partial charge in [0.1, 0.15) is 5.82 Å². The second kappa shape index (κ2) is 3.62. The Bertz CT molecular complexity index is 509. The topological polar surface area (TPSA) is 67.6 Å². The molecule has 0 bridgehead atoms. The third kappa shape index (κ3) is 1.85. The highest BCUT2D eigenvalue weighted by Crippen LogP contribution is 2.26.